The number of alkyl halides is 2. The molecule has 0 aromatic carbocycles. The van der Waals surface area contributed by atoms with Crippen LogP contribution >= 0.6 is 11.3 Å². The van der Waals surface area contributed by atoms with Gasteiger partial charge in [-0.15, -0.1) is 11.3 Å². The maximum atomic E-state index is 12.9. The van der Waals surface area contributed by atoms with Gasteiger partial charge in [0.05, 0.1) is 13.1 Å². The molecule has 1 heterocycles. The fourth-order valence-corrected chi connectivity index (χ4v) is 4.00. The Balaban J connectivity index is 2.87. The van der Waals surface area contributed by atoms with Crippen molar-refractivity contribution in [2.24, 2.45) is 5.73 Å². The number of aryl methyl sites for hydroxylation is 2. The van der Waals surface area contributed by atoms with Crippen LogP contribution in [0.2, 0.25) is 0 Å². The summed E-state index contributed by atoms with van der Waals surface area (Å²) in [5.41, 5.74) is 5.38. The van der Waals surface area contributed by atoms with Crippen LogP contribution in [0.3, 0.4) is 0 Å². The highest BCUT2D eigenvalue weighted by Crippen LogP contribution is 2.26. The van der Waals surface area contributed by atoms with Crippen molar-refractivity contribution in [2.75, 3.05) is 13.1 Å². The van der Waals surface area contributed by atoms with Gasteiger partial charge in [-0.3, -0.25) is 0 Å². The monoisotopic (exact) mass is 284 g/mol. The third-order valence-electron chi connectivity index (χ3n) is 2.06. The fourth-order valence-electron chi connectivity index (χ4n) is 1.23. The van der Waals surface area contributed by atoms with Gasteiger partial charge in [0.1, 0.15) is 4.21 Å². The maximum Gasteiger partial charge on any atom is 0.273 e. The zero-order valence-electron chi connectivity index (χ0n) is 9.46. The highest BCUT2D eigenvalue weighted by atomic mass is 32.2. The average molecular weight is 284 g/mol. The number of halogens is 2. The van der Waals surface area contributed by atoms with Crippen molar-refractivity contribution in [3.05, 3.63) is 16.5 Å². The van der Waals surface area contributed by atoms with E-state index in [1.54, 1.807) is 19.9 Å². The van der Waals surface area contributed by atoms with E-state index in [9.17, 15) is 17.2 Å². The number of nitrogens with one attached hydrogen (secondary N) is 1. The first-order valence-electron chi connectivity index (χ1n) is 4.82. The lowest BCUT2D eigenvalue weighted by atomic mass is 10.3. The fraction of sp³-hybridized carbons (Fsp3) is 0.556. The minimum Gasteiger partial charge on any atom is -0.325 e. The van der Waals surface area contributed by atoms with E-state index in [0.29, 0.717) is 5.56 Å². The molecule has 0 saturated carbocycles. The molecule has 0 amide bonds. The molecule has 8 heteroatoms. The van der Waals surface area contributed by atoms with Gasteiger partial charge in [-0.2, -0.15) is 0 Å². The molecule has 3 N–H and O–H groups in total. The van der Waals surface area contributed by atoms with Gasteiger partial charge in [-0.05, 0) is 25.5 Å². The molecule has 4 nitrogen and oxygen atoms in total. The van der Waals surface area contributed by atoms with Crippen molar-refractivity contribution in [2.45, 2.75) is 24.0 Å². The van der Waals surface area contributed by atoms with E-state index in [4.69, 9.17) is 5.73 Å². The average Bonchev–Trinajstić information content (AvgIpc) is 2.56. The summed E-state index contributed by atoms with van der Waals surface area (Å²) in [6.45, 7) is 1.50. The Morgan fingerprint density at radius 1 is 1.47 bits per heavy atom. The third kappa shape index (κ3) is 3.70. The number of hydrogen-bond acceptors (Lipinski definition) is 4. The van der Waals surface area contributed by atoms with E-state index in [1.165, 1.54) is 0 Å². The molecule has 98 valence electrons. The number of sulfonamides is 1. The summed E-state index contributed by atoms with van der Waals surface area (Å²) in [5.74, 6) is -3.23. The molecule has 0 aliphatic carbocycles. The summed E-state index contributed by atoms with van der Waals surface area (Å²) in [6.07, 6.45) is 0. The number of hydrogen-bond donors (Lipinski definition) is 2. The molecule has 0 aliphatic heterocycles. The molecule has 0 fully saturated rings. The molecule has 0 spiro atoms. The van der Waals surface area contributed by atoms with Crippen molar-refractivity contribution in [1.29, 1.82) is 0 Å². The molecule has 0 radical (unpaired) electrons. The van der Waals surface area contributed by atoms with E-state index in [0.717, 1.165) is 16.2 Å². The van der Waals surface area contributed by atoms with Crippen LogP contribution in [0, 0.1) is 13.8 Å². The van der Waals surface area contributed by atoms with Gasteiger partial charge in [0, 0.05) is 4.88 Å². The second kappa shape index (κ2) is 4.97. The first-order valence-corrected chi connectivity index (χ1v) is 7.12. The first kappa shape index (κ1) is 14.5. The molecule has 17 heavy (non-hydrogen) atoms. The second-order valence-electron chi connectivity index (χ2n) is 3.71. The molecule has 0 atom stereocenters. The van der Waals surface area contributed by atoms with Gasteiger partial charge in [-0.25, -0.2) is 21.9 Å². The normalized spacial score (nSPS) is 13.0. The molecule has 1 aromatic rings. The Kier molecular flexibility index (Phi) is 4.23. The standard InChI is InChI=1S/C9H14F2N2O2S2/c1-6-3-7(2)16-8(6)17(14,15)13-5-9(10,11)4-12/h3,13H,4-5,12H2,1-2H3. The third-order valence-corrected chi connectivity index (χ3v) is 5.25. The van der Waals surface area contributed by atoms with Crippen molar-refractivity contribution in [3.8, 4) is 0 Å². The van der Waals surface area contributed by atoms with E-state index in [-0.39, 0.29) is 4.21 Å². The minimum atomic E-state index is -3.88. The Labute approximate surface area is 103 Å². The lowest BCUT2D eigenvalue weighted by Crippen LogP contribution is -2.41. The summed E-state index contributed by atoms with van der Waals surface area (Å²) >= 11 is 1.05. The summed E-state index contributed by atoms with van der Waals surface area (Å²) in [6, 6.07) is 1.69. The van der Waals surface area contributed by atoms with Crippen LogP contribution in [0.4, 0.5) is 8.78 Å². The highest BCUT2D eigenvalue weighted by molar-refractivity contribution is 7.91. The van der Waals surface area contributed by atoms with Gasteiger partial charge in [-0.1, -0.05) is 0 Å². The quantitative estimate of drug-likeness (QED) is 0.854. The van der Waals surface area contributed by atoms with Crippen molar-refractivity contribution in [3.63, 3.8) is 0 Å². The van der Waals surface area contributed by atoms with Gasteiger partial charge < -0.3 is 5.73 Å². The number of nitrogens with two attached hydrogens (primary N) is 1. The SMILES string of the molecule is Cc1cc(C)c(S(=O)(=O)NCC(F)(F)CN)s1. The first-order chi connectivity index (χ1) is 7.68. The molecule has 1 aromatic heterocycles. The van der Waals surface area contributed by atoms with Crippen molar-refractivity contribution >= 4 is 21.4 Å². The zero-order valence-corrected chi connectivity index (χ0v) is 11.1. The Bertz CT molecular complexity index is 497. The van der Waals surface area contributed by atoms with Crippen LogP contribution in [-0.4, -0.2) is 27.4 Å². The predicted molar refractivity (Wildman–Crippen MR) is 63.0 cm³/mol. The largest absolute Gasteiger partial charge is 0.325 e. The van der Waals surface area contributed by atoms with Crippen LogP contribution in [0.5, 0.6) is 0 Å². The Morgan fingerprint density at radius 3 is 2.47 bits per heavy atom. The number of thiophene rings is 1. The number of rotatable bonds is 5. The summed E-state index contributed by atoms with van der Waals surface area (Å²) < 4.78 is 51.2. The molecular formula is C9H14F2N2O2S2. The summed E-state index contributed by atoms with van der Waals surface area (Å²) in [4.78, 5) is 0.813. The highest BCUT2D eigenvalue weighted by Gasteiger charge is 2.30. The molecule has 0 saturated heterocycles. The van der Waals surface area contributed by atoms with E-state index in [2.05, 4.69) is 0 Å². The van der Waals surface area contributed by atoms with E-state index >= 15 is 0 Å². The minimum absolute atomic E-state index is 0.0721. The van der Waals surface area contributed by atoms with Gasteiger partial charge in [0.25, 0.3) is 15.9 Å². The van der Waals surface area contributed by atoms with Gasteiger partial charge in [0.15, 0.2) is 0 Å². The van der Waals surface area contributed by atoms with Crippen LogP contribution in [0.15, 0.2) is 10.3 Å². The molecular weight excluding hydrogens is 270 g/mol. The molecule has 1 rings (SSSR count). The van der Waals surface area contributed by atoms with Crippen LogP contribution in [-0.2, 0) is 10.0 Å². The topological polar surface area (TPSA) is 72.2 Å². The zero-order chi connectivity index (χ0) is 13.3. The van der Waals surface area contributed by atoms with Gasteiger partial charge >= 0.3 is 0 Å². The van der Waals surface area contributed by atoms with Crippen molar-refractivity contribution in [1.82, 2.24) is 4.72 Å². The van der Waals surface area contributed by atoms with E-state index in [1.807, 2.05) is 4.72 Å². The maximum absolute atomic E-state index is 12.9. The van der Waals surface area contributed by atoms with Crippen LogP contribution in [0.1, 0.15) is 10.4 Å². The Morgan fingerprint density at radius 2 is 2.06 bits per heavy atom. The Hall–Kier alpha value is -0.570. The lowest BCUT2D eigenvalue weighted by molar-refractivity contribution is 0.0170. The predicted octanol–water partition coefficient (Wildman–Crippen LogP) is 1.24. The second-order valence-corrected chi connectivity index (χ2v) is 6.93. The van der Waals surface area contributed by atoms with Crippen LogP contribution in [0.25, 0.3) is 0 Å². The van der Waals surface area contributed by atoms with Crippen LogP contribution < -0.4 is 10.5 Å². The lowest BCUT2D eigenvalue weighted by Gasteiger charge is -2.14. The molecule has 0 bridgehead atoms. The smallest absolute Gasteiger partial charge is 0.273 e. The van der Waals surface area contributed by atoms with Crippen molar-refractivity contribution < 1.29 is 17.2 Å². The molecule has 0 unspecified atom stereocenters. The summed E-state index contributed by atoms with van der Waals surface area (Å²) in [5, 5.41) is 0. The van der Waals surface area contributed by atoms with Gasteiger partial charge in [0.2, 0.25) is 0 Å². The molecule has 0 aliphatic rings. The van der Waals surface area contributed by atoms with E-state index < -0.39 is 29.0 Å². The summed E-state index contributed by atoms with van der Waals surface area (Å²) in [7, 11) is -3.88.